The Hall–Kier alpha value is -2.47. The zero-order valence-corrected chi connectivity index (χ0v) is 17.7. The topological polar surface area (TPSA) is 74.7 Å². The highest BCUT2D eigenvalue weighted by Gasteiger charge is 2.27. The van der Waals surface area contributed by atoms with Gasteiger partial charge in [0.25, 0.3) is 0 Å². The predicted octanol–water partition coefficient (Wildman–Crippen LogP) is 4.79. The minimum Gasteiger partial charge on any atom is -0.481 e. The first-order valence-corrected chi connectivity index (χ1v) is 10.6. The molecule has 2 aromatic carbocycles. The van der Waals surface area contributed by atoms with Crippen molar-refractivity contribution >= 4 is 33.6 Å². The lowest BCUT2D eigenvalue weighted by atomic mass is 9.93. The highest BCUT2D eigenvalue weighted by atomic mass is 79.9. The van der Waals surface area contributed by atoms with Gasteiger partial charge in [0.2, 0.25) is 5.91 Å². The number of halogens is 1. The molecule has 1 aliphatic rings. The van der Waals surface area contributed by atoms with E-state index in [1.807, 2.05) is 36.4 Å². The summed E-state index contributed by atoms with van der Waals surface area (Å²) in [7, 11) is 0. The van der Waals surface area contributed by atoms with E-state index < -0.39 is 11.9 Å². The molecule has 0 saturated carbocycles. The number of carboxylic acids is 1. The van der Waals surface area contributed by atoms with Crippen molar-refractivity contribution in [3.63, 3.8) is 0 Å². The Bertz CT molecular complexity index is 871. The maximum atomic E-state index is 12.6. The lowest BCUT2D eigenvalue weighted by Gasteiger charge is -2.27. The molecule has 0 radical (unpaired) electrons. The Morgan fingerprint density at radius 2 is 1.41 bits per heavy atom. The van der Waals surface area contributed by atoms with Crippen LogP contribution in [-0.2, 0) is 9.59 Å². The molecule has 1 N–H and O–H groups in total. The Labute approximate surface area is 178 Å². The smallest absolute Gasteiger partial charge is 0.307 e. The molecular weight excluding hydrogens is 434 g/mol. The van der Waals surface area contributed by atoms with Crippen molar-refractivity contribution in [3.8, 4) is 11.1 Å². The van der Waals surface area contributed by atoms with Crippen LogP contribution in [0.5, 0.6) is 0 Å². The third-order valence-corrected chi connectivity index (χ3v) is 5.82. The number of ketones is 1. The van der Waals surface area contributed by atoms with E-state index in [0.717, 1.165) is 34.9 Å². The van der Waals surface area contributed by atoms with Gasteiger partial charge in [-0.1, -0.05) is 52.3 Å². The molecule has 0 spiro atoms. The first kappa shape index (κ1) is 21.2. The van der Waals surface area contributed by atoms with Gasteiger partial charge in [0.05, 0.1) is 5.92 Å². The highest BCUT2D eigenvalue weighted by Crippen LogP contribution is 2.23. The summed E-state index contributed by atoms with van der Waals surface area (Å²) in [5.74, 6) is -2.53. The monoisotopic (exact) mass is 457 g/mol. The molecule has 0 aromatic heterocycles. The second kappa shape index (κ2) is 9.83. The van der Waals surface area contributed by atoms with Crippen LogP contribution in [0.3, 0.4) is 0 Å². The van der Waals surface area contributed by atoms with Gasteiger partial charge in [0.1, 0.15) is 0 Å². The molecule has 3 rings (SSSR count). The number of likely N-dealkylation sites (tertiary alicyclic amines) is 1. The average Bonchev–Trinajstić information content (AvgIpc) is 2.74. The van der Waals surface area contributed by atoms with E-state index in [9.17, 15) is 19.5 Å². The van der Waals surface area contributed by atoms with Crippen LogP contribution in [0.25, 0.3) is 11.1 Å². The molecule has 1 amide bonds. The van der Waals surface area contributed by atoms with E-state index in [-0.39, 0.29) is 24.5 Å². The van der Waals surface area contributed by atoms with Crippen LogP contribution in [0.4, 0.5) is 0 Å². The van der Waals surface area contributed by atoms with Crippen molar-refractivity contribution < 1.29 is 19.5 Å². The zero-order chi connectivity index (χ0) is 20.8. The molecule has 1 unspecified atom stereocenters. The van der Waals surface area contributed by atoms with Crippen molar-refractivity contribution in [3.05, 3.63) is 58.6 Å². The molecule has 1 fully saturated rings. The van der Waals surface area contributed by atoms with E-state index in [1.54, 1.807) is 17.0 Å². The number of carbonyl (C=O) groups excluding carboxylic acids is 2. The molecule has 152 valence electrons. The van der Waals surface area contributed by atoms with Gasteiger partial charge in [0, 0.05) is 36.0 Å². The summed E-state index contributed by atoms with van der Waals surface area (Å²) in [5.41, 5.74) is 2.47. The maximum Gasteiger partial charge on any atom is 0.307 e. The van der Waals surface area contributed by atoms with E-state index in [0.29, 0.717) is 18.7 Å². The van der Waals surface area contributed by atoms with Gasteiger partial charge in [-0.3, -0.25) is 14.4 Å². The number of aliphatic carboxylic acids is 1. The van der Waals surface area contributed by atoms with Gasteiger partial charge in [-0.2, -0.15) is 0 Å². The Balaban J connectivity index is 1.64. The molecule has 0 bridgehead atoms. The SMILES string of the molecule is O=C(CC(CC(=O)N1CCCCC1)C(=O)O)c1ccc(-c2ccc(Br)cc2)cc1. The van der Waals surface area contributed by atoms with Crippen LogP contribution in [0.1, 0.15) is 42.5 Å². The fourth-order valence-electron chi connectivity index (χ4n) is 3.56. The zero-order valence-electron chi connectivity index (χ0n) is 16.1. The van der Waals surface area contributed by atoms with E-state index in [2.05, 4.69) is 15.9 Å². The standard InChI is InChI=1S/C23H24BrNO4/c24-20-10-8-17(9-11-20)16-4-6-18(7-5-16)21(26)14-19(23(28)29)15-22(27)25-12-2-1-3-13-25/h4-11,19H,1-3,12-15H2,(H,28,29). The largest absolute Gasteiger partial charge is 0.481 e. The van der Waals surface area contributed by atoms with Crippen LogP contribution in [-0.4, -0.2) is 40.8 Å². The number of benzene rings is 2. The first-order chi connectivity index (χ1) is 13.9. The molecule has 6 heteroatoms. The summed E-state index contributed by atoms with van der Waals surface area (Å²) in [6, 6.07) is 15.0. The summed E-state index contributed by atoms with van der Waals surface area (Å²) in [5, 5.41) is 9.50. The Morgan fingerprint density at radius 3 is 1.97 bits per heavy atom. The number of carboxylic acid groups (broad SMARTS) is 1. The molecule has 1 aliphatic heterocycles. The van der Waals surface area contributed by atoms with Crippen LogP contribution in [0, 0.1) is 5.92 Å². The molecule has 1 saturated heterocycles. The summed E-state index contributed by atoms with van der Waals surface area (Å²) < 4.78 is 0.992. The Kier molecular flexibility index (Phi) is 7.20. The summed E-state index contributed by atoms with van der Waals surface area (Å²) >= 11 is 3.41. The second-order valence-corrected chi connectivity index (χ2v) is 8.31. The number of hydrogen-bond donors (Lipinski definition) is 1. The third-order valence-electron chi connectivity index (χ3n) is 5.30. The number of piperidine rings is 1. The van der Waals surface area contributed by atoms with E-state index >= 15 is 0 Å². The average molecular weight is 458 g/mol. The molecule has 0 aliphatic carbocycles. The number of Topliss-reactive ketones (excluding diaryl/α,β-unsaturated/α-hetero) is 1. The number of hydrogen-bond acceptors (Lipinski definition) is 3. The van der Waals surface area contributed by atoms with Crippen LogP contribution in [0.2, 0.25) is 0 Å². The lowest BCUT2D eigenvalue weighted by molar-refractivity contribution is -0.146. The quantitative estimate of drug-likeness (QED) is 0.606. The van der Waals surface area contributed by atoms with E-state index in [1.165, 1.54) is 0 Å². The maximum absolute atomic E-state index is 12.6. The van der Waals surface area contributed by atoms with Gasteiger partial charge < -0.3 is 10.0 Å². The lowest BCUT2D eigenvalue weighted by Crippen LogP contribution is -2.37. The van der Waals surface area contributed by atoms with Crippen LogP contribution in [0.15, 0.2) is 53.0 Å². The summed E-state index contributed by atoms with van der Waals surface area (Å²) in [4.78, 5) is 38.4. The number of rotatable bonds is 7. The summed E-state index contributed by atoms with van der Waals surface area (Å²) in [6.45, 7) is 1.35. The molecule has 5 nitrogen and oxygen atoms in total. The minimum atomic E-state index is -1.10. The second-order valence-electron chi connectivity index (χ2n) is 7.39. The minimum absolute atomic E-state index is 0.127. The van der Waals surface area contributed by atoms with Gasteiger partial charge in [-0.05, 0) is 42.5 Å². The van der Waals surface area contributed by atoms with E-state index in [4.69, 9.17) is 0 Å². The summed E-state index contributed by atoms with van der Waals surface area (Å²) in [6.07, 6.45) is 2.70. The number of nitrogens with zero attached hydrogens (tertiary/aromatic N) is 1. The van der Waals surface area contributed by atoms with Crippen molar-refractivity contribution in [1.82, 2.24) is 4.90 Å². The number of carbonyl (C=O) groups is 3. The normalized spacial score (nSPS) is 15.0. The highest BCUT2D eigenvalue weighted by molar-refractivity contribution is 9.10. The molecule has 1 atom stereocenters. The molecule has 1 heterocycles. The first-order valence-electron chi connectivity index (χ1n) is 9.84. The molecule has 29 heavy (non-hydrogen) atoms. The van der Waals surface area contributed by atoms with Crippen molar-refractivity contribution in [2.24, 2.45) is 5.92 Å². The van der Waals surface area contributed by atoms with Gasteiger partial charge in [0.15, 0.2) is 5.78 Å². The van der Waals surface area contributed by atoms with Crippen LogP contribution < -0.4 is 0 Å². The van der Waals surface area contributed by atoms with Crippen LogP contribution >= 0.6 is 15.9 Å². The fourth-order valence-corrected chi connectivity index (χ4v) is 3.83. The van der Waals surface area contributed by atoms with Gasteiger partial charge >= 0.3 is 5.97 Å². The molecule has 2 aromatic rings. The van der Waals surface area contributed by atoms with Crippen molar-refractivity contribution in [2.45, 2.75) is 32.1 Å². The van der Waals surface area contributed by atoms with Gasteiger partial charge in [-0.25, -0.2) is 0 Å². The number of amides is 1. The predicted molar refractivity (Wildman–Crippen MR) is 115 cm³/mol. The third kappa shape index (κ3) is 5.76. The van der Waals surface area contributed by atoms with Crippen molar-refractivity contribution in [2.75, 3.05) is 13.1 Å². The fraction of sp³-hybridized carbons (Fsp3) is 0.348. The van der Waals surface area contributed by atoms with Crippen molar-refractivity contribution in [1.29, 1.82) is 0 Å². The molecular formula is C23H24BrNO4. The van der Waals surface area contributed by atoms with Gasteiger partial charge in [-0.15, -0.1) is 0 Å². The Morgan fingerprint density at radius 1 is 0.862 bits per heavy atom.